The second-order valence-corrected chi connectivity index (χ2v) is 7.88. The quantitative estimate of drug-likeness (QED) is 0.751. The smallest absolute Gasteiger partial charge is 0.330 e. The first-order valence-corrected chi connectivity index (χ1v) is 9.44. The van der Waals surface area contributed by atoms with E-state index in [2.05, 4.69) is 9.97 Å². The Morgan fingerprint density at radius 1 is 1.21 bits per heavy atom. The number of nitrogens with one attached hydrogen (secondary N) is 1. The van der Waals surface area contributed by atoms with Crippen LogP contribution in [0.5, 0.6) is 0 Å². The molecule has 28 heavy (non-hydrogen) atoms. The topological polar surface area (TPSA) is 114 Å². The predicted molar refractivity (Wildman–Crippen MR) is 110 cm³/mol. The molecule has 2 rings (SSSR count). The zero-order valence-electron chi connectivity index (χ0n) is 17.2. The number of carbonyl (C=O) groups excluding carboxylic acids is 1. The van der Waals surface area contributed by atoms with E-state index in [-0.39, 0.29) is 35.7 Å². The lowest BCUT2D eigenvalue weighted by Gasteiger charge is -2.26. The number of amides is 1. The normalized spacial score (nSPS) is 11.2. The number of hydrogen-bond donors (Lipinski definition) is 2. The van der Waals surface area contributed by atoms with Gasteiger partial charge in [-0.2, -0.15) is 0 Å². The molecule has 8 nitrogen and oxygen atoms in total. The van der Waals surface area contributed by atoms with Gasteiger partial charge in [0.2, 0.25) is 5.91 Å². The molecule has 2 aromatic rings. The number of nitrogens with two attached hydrogens (primary N) is 1. The molecule has 0 spiro atoms. The number of hydrogen-bond acceptors (Lipinski definition) is 5. The lowest BCUT2D eigenvalue weighted by atomic mass is 10.1. The number of nitrogen functional groups attached to an aromatic ring is 1. The van der Waals surface area contributed by atoms with Crippen LogP contribution in [0.25, 0.3) is 0 Å². The number of aromatic nitrogens is 3. The van der Waals surface area contributed by atoms with E-state index < -0.39 is 11.2 Å². The highest BCUT2D eigenvalue weighted by Gasteiger charge is 2.25. The molecule has 0 aliphatic rings. The highest BCUT2D eigenvalue weighted by atomic mass is 16.2. The maximum atomic E-state index is 13.1. The van der Waals surface area contributed by atoms with Gasteiger partial charge in [-0.3, -0.25) is 24.1 Å². The zero-order chi connectivity index (χ0) is 21.0. The summed E-state index contributed by atoms with van der Waals surface area (Å²) in [5.74, 6) is -0.0132. The molecular formula is C20H29N5O3. The van der Waals surface area contributed by atoms with Gasteiger partial charge in [0.05, 0.1) is 6.42 Å². The van der Waals surface area contributed by atoms with Crippen molar-refractivity contribution in [3.05, 3.63) is 50.4 Å². The van der Waals surface area contributed by atoms with Gasteiger partial charge in [0.1, 0.15) is 5.82 Å². The summed E-state index contributed by atoms with van der Waals surface area (Å²) in [6.45, 7) is 10.3. The van der Waals surface area contributed by atoms with Gasteiger partial charge in [0.25, 0.3) is 5.56 Å². The van der Waals surface area contributed by atoms with E-state index in [0.717, 1.165) is 11.3 Å². The van der Waals surface area contributed by atoms with Crippen molar-refractivity contribution >= 4 is 17.4 Å². The Kier molecular flexibility index (Phi) is 6.77. The minimum Gasteiger partial charge on any atom is -0.383 e. The van der Waals surface area contributed by atoms with E-state index in [1.54, 1.807) is 6.20 Å². The average Bonchev–Trinajstić information content (AvgIpc) is 2.59. The fourth-order valence-electron chi connectivity index (χ4n) is 2.94. The Balaban J connectivity index is 2.50. The van der Waals surface area contributed by atoms with E-state index >= 15 is 0 Å². The summed E-state index contributed by atoms with van der Waals surface area (Å²) < 4.78 is 1.31. The van der Waals surface area contributed by atoms with Crippen molar-refractivity contribution in [3.8, 4) is 0 Å². The second kappa shape index (κ2) is 8.86. The molecular weight excluding hydrogens is 358 g/mol. The van der Waals surface area contributed by atoms with Gasteiger partial charge in [-0.15, -0.1) is 0 Å². The fourth-order valence-corrected chi connectivity index (χ4v) is 2.94. The summed E-state index contributed by atoms with van der Waals surface area (Å²) in [4.78, 5) is 45.7. The molecule has 1 amide bonds. The molecule has 0 aliphatic heterocycles. The Morgan fingerprint density at radius 2 is 1.89 bits per heavy atom. The van der Waals surface area contributed by atoms with Crippen molar-refractivity contribution < 1.29 is 4.79 Å². The van der Waals surface area contributed by atoms with Crippen LogP contribution in [0.1, 0.15) is 39.0 Å². The van der Waals surface area contributed by atoms with Gasteiger partial charge in [-0.25, -0.2) is 4.79 Å². The summed E-state index contributed by atoms with van der Waals surface area (Å²) in [6, 6.07) is 3.67. The Hall–Kier alpha value is -2.90. The number of anilines is 2. The molecule has 0 aliphatic carbocycles. The summed E-state index contributed by atoms with van der Waals surface area (Å²) >= 11 is 0. The molecule has 8 heteroatoms. The van der Waals surface area contributed by atoms with Gasteiger partial charge in [0, 0.05) is 25.0 Å². The van der Waals surface area contributed by atoms with Crippen molar-refractivity contribution in [3.63, 3.8) is 0 Å². The van der Waals surface area contributed by atoms with E-state index in [1.807, 2.05) is 46.8 Å². The van der Waals surface area contributed by atoms with Crippen LogP contribution in [0.4, 0.5) is 11.5 Å². The zero-order valence-corrected chi connectivity index (χ0v) is 17.2. The standard InChI is InChI=1S/C20H29N5O3/c1-12(2)10-24(16(26)8-15-7-6-14(5)22-9-15)17-18(21)25(11-13(3)4)20(28)23-19(17)27/h6-7,9,12-13H,8,10-11,21H2,1-5H3,(H,23,27,28). The first-order valence-electron chi connectivity index (χ1n) is 9.44. The van der Waals surface area contributed by atoms with Gasteiger partial charge >= 0.3 is 5.69 Å². The van der Waals surface area contributed by atoms with Crippen LogP contribution >= 0.6 is 0 Å². The first kappa shape index (κ1) is 21.4. The van der Waals surface area contributed by atoms with Crippen LogP contribution in [-0.2, 0) is 17.8 Å². The number of carbonyl (C=O) groups is 1. The van der Waals surface area contributed by atoms with Crippen LogP contribution < -0.4 is 21.9 Å². The predicted octanol–water partition coefficient (Wildman–Crippen LogP) is 1.71. The molecule has 0 saturated heterocycles. The number of nitrogens with zero attached hydrogens (tertiary/aromatic N) is 3. The van der Waals surface area contributed by atoms with Crippen LogP contribution in [0.3, 0.4) is 0 Å². The SMILES string of the molecule is Cc1ccc(CC(=O)N(CC(C)C)c2c(N)n(CC(C)C)c(=O)[nH]c2=O)cn1. The maximum Gasteiger partial charge on any atom is 0.330 e. The van der Waals surface area contributed by atoms with Crippen LogP contribution in [-0.4, -0.2) is 27.0 Å². The number of H-pyrrole nitrogens is 1. The summed E-state index contributed by atoms with van der Waals surface area (Å²) in [5.41, 5.74) is 6.60. The second-order valence-electron chi connectivity index (χ2n) is 7.88. The Bertz CT molecular complexity index is 942. The Labute approximate surface area is 164 Å². The first-order chi connectivity index (χ1) is 13.1. The third kappa shape index (κ3) is 5.09. The molecule has 0 fully saturated rings. The molecule has 3 N–H and O–H groups in total. The van der Waals surface area contributed by atoms with Gasteiger partial charge < -0.3 is 10.6 Å². The highest BCUT2D eigenvalue weighted by molar-refractivity contribution is 5.96. The number of rotatable bonds is 7. The fraction of sp³-hybridized carbons (Fsp3) is 0.500. The third-order valence-electron chi connectivity index (χ3n) is 4.21. The largest absolute Gasteiger partial charge is 0.383 e. The van der Waals surface area contributed by atoms with E-state index in [1.165, 1.54) is 9.47 Å². The third-order valence-corrected chi connectivity index (χ3v) is 4.21. The van der Waals surface area contributed by atoms with E-state index in [0.29, 0.717) is 13.1 Å². The van der Waals surface area contributed by atoms with Gasteiger partial charge in [-0.05, 0) is 30.4 Å². The van der Waals surface area contributed by atoms with Crippen molar-refractivity contribution in [2.45, 2.75) is 47.6 Å². The molecule has 2 aromatic heterocycles. The molecule has 0 atom stereocenters. The monoisotopic (exact) mass is 387 g/mol. The number of aryl methyl sites for hydroxylation is 1. The van der Waals surface area contributed by atoms with Crippen LogP contribution in [0, 0.1) is 18.8 Å². The summed E-state index contributed by atoms with van der Waals surface area (Å²) in [6.07, 6.45) is 1.73. The van der Waals surface area contributed by atoms with Crippen molar-refractivity contribution in [1.82, 2.24) is 14.5 Å². The Morgan fingerprint density at radius 3 is 2.43 bits per heavy atom. The van der Waals surface area contributed by atoms with Crippen molar-refractivity contribution in [2.75, 3.05) is 17.2 Å². The number of pyridine rings is 1. The molecule has 2 heterocycles. The van der Waals surface area contributed by atoms with Crippen LogP contribution in [0.2, 0.25) is 0 Å². The lowest BCUT2D eigenvalue weighted by Crippen LogP contribution is -2.43. The highest BCUT2D eigenvalue weighted by Crippen LogP contribution is 2.20. The minimum absolute atomic E-state index is 0.0125. The summed E-state index contributed by atoms with van der Waals surface area (Å²) in [7, 11) is 0. The van der Waals surface area contributed by atoms with Gasteiger partial charge in [-0.1, -0.05) is 33.8 Å². The molecule has 0 bridgehead atoms. The minimum atomic E-state index is -0.654. The molecule has 0 radical (unpaired) electrons. The molecule has 0 aromatic carbocycles. The van der Waals surface area contributed by atoms with E-state index in [4.69, 9.17) is 5.73 Å². The summed E-state index contributed by atoms with van der Waals surface area (Å²) in [5, 5.41) is 0. The number of aromatic amines is 1. The molecule has 152 valence electrons. The molecule has 0 saturated carbocycles. The van der Waals surface area contributed by atoms with E-state index in [9.17, 15) is 14.4 Å². The molecule has 0 unspecified atom stereocenters. The average molecular weight is 387 g/mol. The lowest BCUT2D eigenvalue weighted by molar-refractivity contribution is -0.118. The van der Waals surface area contributed by atoms with Crippen molar-refractivity contribution in [1.29, 1.82) is 0 Å². The van der Waals surface area contributed by atoms with Crippen LogP contribution in [0.15, 0.2) is 27.9 Å². The maximum absolute atomic E-state index is 13.1. The van der Waals surface area contributed by atoms with Crippen molar-refractivity contribution in [2.24, 2.45) is 11.8 Å². The van der Waals surface area contributed by atoms with Gasteiger partial charge in [0.15, 0.2) is 5.69 Å².